The first-order valence-corrected chi connectivity index (χ1v) is 23.0. The van der Waals surface area contributed by atoms with E-state index in [1.165, 1.54) is 86.9 Å². The van der Waals surface area contributed by atoms with E-state index in [0.717, 1.165) is 17.1 Å². The zero-order valence-corrected chi connectivity index (χ0v) is 35.8. The van der Waals surface area contributed by atoms with Gasteiger partial charge in [-0.3, -0.25) is 0 Å². The first-order valence-electron chi connectivity index (χ1n) is 22.2. The van der Waals surface area contributed by atoms with Crippen molar-refractivity contribution < 1.29 is 0 Å². The van der Waals surface area contributed by atoms with E-state index in [9.17, 15) is 0 Å². The van der Waals surface area contributed by atoms with Crippen LogP contribution in [0.1, 0.15) is 44.5 Å². The number of nitrogens with zero attached hydrogens (tertiary/aromatic N) is 1. The van der Waals surface area contributed by atoms with Gasteiger partial charge in [0.15, 0.2) is 0 Å². The zero-order chi connectivity index (χ0) is 42.2. The molecule has 2 heteroatoms. The Kier molecular flexibility index (Phi) is 8.28. The number of anilines is 3. The molecule has 2 aliphatic rings. The Hall–Kier alpha value is -7.78. The minimum absolute atomic E-state index is 0.527. The van der Waals surface area contributed by atoms with Crippen molar-refractivity contribution >= 4 is 48.6 Å². The lowest BCUT2D eigenvalue weighted by Gasteiger charge is -2.36. The summed E-state index contributed by atoms with van der Waals surface area (Å²) in [5, 5.41) is 2.59. The highest BCUT2D eigenvalue weighted by Crippen LogP contribution is 2.59. The highest BCUT2D eigenvalue weighted by molar-refractivity contribution is 7.25. The van der Waals surface area contributed by atoms with Crippen LogP contribution in [0.4, 0.5) is 17.1 Å². The molecular formula is C62H41NS. The quantitative estimate of drug-likeness (QED) is 0.155. The molecule has 0 atom stereocenters. The van der Waals surface area contributed by atoms with Gasteiger partial charge in [0.05, 0.1) is 10.8 Å². The summed E-state index contributed by atoms with van der Waals surface area (Å²) in [6.07, 6.45) is 0. The van der Waals surface area contributed by atoms with Gasteiger partial charge in [-0.1, -0.05) is 206 Å². The summed E-state index contributed by atoms with van der Waals surface area (Å²) < 4.78 is 2.58. The lowest BCUT2D eigenvalue weighted by Crippen LogP contribution is -2.29. The molecule has 0 spiro atoms. The molecule has 0 N–H and O–H groups in total. The SMILES string of the molecule is c1ccc(C2(c3ccccc3)c3ccccc3-c3ccc(N(c4ccc5c(c4)C(c4ccccc4)(c4ccccc4)c4ccccc4-5)c4ccc5c(c4)sc4ccccc45)cc32)cc1. The highest BCUT2D eigenvalue weighted by Gasteiger charge is 2.48. The molecule has 0 saturated heterocycles. The Morgan fingerprint density at radius 2 is 0.625 bits per heavy atom. The number of hydrogen-bond donors (Lipinski definition) is 0. The number of fused-ring (bicyclic) bond motifs is 9. The van der Waals surface area contributed by atoms with Crippen LogP contribution in [0.2, 0.25) is 0 Å². The summed E-state index contributed by atoms with van der Waals surface area (Å²) in [5.74, 6) is 0. The third-order valence-electron chi connectivity index (χ3n) is 14.0. The van der Waals surface area contributed by atoms with Gasteiger partial charge in [-0.25, -0.2) is 0 Å². The minimum atomic E-state index is -0.527. The lowest BCUT2D eigenvalue weighted by atomic mass is 9.67. The van der Waals surface area contributed by atoms with Crippen molar-refractivity contribution in [2.75, 3.05) is 4.90 Å². The summed E-state index contributed by atoms with van der Waals surface area (Å²) in [5.41, 5.74) is 17.6. The van der Waals surface area contributed by atoms with E-state index in [2.05, 4.69) is 254 Å². The summed E-state index contributed by atoms with van der Waals surface area (Å²) in [7, 11) is 0. The summed E-state index contributed by atoms with van der Waals surface area (Å²) in [6.45, 7) is 0. The molecule has 0 bridgehead atoms. The molecule has 2 aliphatic carbocycles. The predicted octanol–water partition coefficient (Wildman–Crippen LogP) is 16.3. The van der Waals surface area contributed by atoms with Gasteiger partial charge >= 0.3 is 0 Å². The van der Waals surface area contributed by atoms with Crippen LogP contribution in [0.5, 0.6) is 0 Å². The first-order chi connectivity index (χ1) is 31.7. The van der Waals surface area contributed by atoms with Gasteiger partial charge in [0.1, 0.15) is 0 Å². The first kappa shape index (κ1) is 36.8. The monoisotopic (exact) mass is 831 g/mol. The molecule has 64 heavy (non-hydrogen) atoms. The van der Waals surface area contributed by atoms with Gasteiger partial charge in [0, 0.05) is 37.2 Å². The fourth-order valence-electron chi connectivity index (χ4n) is 11.4. The van der Waals surface area contributed by atoms with Crippen LogP contribution in [0.15, 0.2) is 249 Å². The van der Waals surface area contributed by atoms with E-state index in [-0.39, 0.29) is 0 Å². The average Bonchev–Trinajstić information content (AvgIpc) is 3.99. The second kappa shape index (κ2) is 14.4. The molecule has 1 nitrogen and oxygen atoms in total. The van der Waals surface area contributed by atoms with Gasteiger partial charge < -0.3 is 4.90 Å². The van der Waals surface area contributed by atoms with Gasteiger partial charge in [-0.2, -0.15) is 0 Å². The van der Waals surface area contributed by atoms with Gasteiger partial charge in [-0.15, -0.1) is 11.3 Å². The van der Waals surface area contributed by atoms with Gasteiger partial charge in [0.25, 0.3) is 0 Å². The van der Waals surface area contributed by atoms with Crippen LogP contribution in [0.25, 0.3) is 42.4 Å². The fraction of sp³-hybridized carbons (Fsp3) is 0.0323. The summed E-state index contributed by atoms with van der Waals surface area (Å²) in [4.78, 5) is 2.51. The Morgan fingerprint density at radius 3 is 1.11 bits per heavy atom. The van der Waals surface area contributed by atoms with Crippen LogP contribution in [0.3, 0.4) is 0 Å². The molecule has 13 rings (SSSR count). The van der Waals surface area contributed by atoms with Crippen molar-refractivity contribution in [3.8, 4) is 22.3 Å². The maximum atomic E-state index is 2.51. The average molecular weight is 832 g/mol. The van der Waals surface area contributed by atoms with Crippen LogP contribution in [-0.4, -0.2) is 0 Å². The van der Waals surface area contributed by atoms with E-state index in [1.807, 2.05) is 11.3 Å². The molecule has 0 radical (unpaired) electrons. The lowest BCUT2D eigenvalue weighted by molar-refractivity contribution is 0.767. The molecule has 10 aromatic carbocycles. The number of thiophene rings is 1. The number of benzene rings is 10. The minimum Gasteiger partial charge on any atom is -0.310 e. The topological polar surface area (TPSA) is 3.24 Å². The van der Waals surface area contributed by atoms with E-state index in [1.54, 1.807) is 0 Å². The molecule has 0 saturated carbocycles. The van der Waals surface area contributed by atoms with Crippen LogP contribution in [0, 0.1) is 0 Å². The molecule has 0 amide bonds. The van der Waals surface area contributed by atoms with E-state index in [4.69, 9.17) is 0 Å². The van der Waals surface area contributed by atoms with Crippen molar-refractivity contribution in [2.24, 2.45) is 0 Å². The molecule has 1 aromatic heterocycles. The molecule has 0 aliphatic heterocycles. The Labute approximate surface area is 377 Å². The largest absolute Gasteiger partial charge is 0.310 e. The van der Waals surface area contributed by atoms with Crippen molar-refractivity contribution in [1.82, 2.24) is 0 Å². The fourth-order valence-corrected chi connectivity index (χ4v) is 12.6. The number of rotatable bonds is 7. The van der Waals surface area contributed by atoms with Crippen molar-refractivity contribution in [3.63, 3.8) is 0 Å². The van der Waals surface area contributed by atoms with E-state index >= 15 is 0 Å². The molecule has 0 unspecified atom stereocenters. The van der Waals surface area contributed by atoms with Crippen LogP contribution < -0.4 is 4.90 Å². The zero-order valence-electron chi connectivity index (χ0n) is 35.0. The van der Waals surface area contributed by atoms with Gasteiger partial charge in [0.2, 0.25) is 0 Å². The molecule has 0 fully saturated rings. The Bertz CT molecular complexity index is 3290. The normalized spacial score (nSPS) is 13.9. The molecular weight excluding hydrogens is 791 g/mol. The molecule has 300 valence electrons. The van der Waals surface area contributed by atoms with Crippen LogP contribution in [-0.2, 0) is 10.8 Å². The standard InChI is InChI=1S/C62H41NS/c1-5-19-42(20-6-1)61(43-21-7-2-8-22-43)55-30-16-13-27-49(55)51-36-33-46(39-57(51)61)63(48-35-38-54-53-29-15-18-32-59(53)64-60(54)41-48)47-34-37-52-50-28-14-17-31-56(50)62(58(52)40-47,44-23-9-3-10-24-44)45-25-11-4-12-26-45/h1-41H. The third kappa shape index (κ3) is 5.18. The highest BCUT2D eigenvalue weighted by atomic mass is 32.1. The molecule has 1 heterocycles. The number of hydrogen-bond acceptors (Lipinski definition) is 2. The second-order valence-electron chi connectivity index (χ2n) is 17.1. The van der Waals surface area contributed by atoms with Crippen LogP contribution >= 0.6 is 11.3 Å². The second-order valence-corrected chi connectivity index (χ2v) is 18.2. The Morgan fingerprint density at radius 1 is 0.266 bits per heavy atom. The Balaban J connectivity index is 1.10. The van der Waals surface area contributed by atoms with Crippen molar-refractivity contribution in [2.45, 2.75) is 10.8 Å². The summed E-state index contributed by atoms with van der Waals surface area (Å²) >= 11 is 1.87. The molecule has 11 aromatic rings. The van der Waals surface area contributed by atoms with E-state index < -0.39 is 10.8 Å². The smallest absolute Gasteiger partial charge is 0.0714 e. The maximum Gasteiger partial charge on any atom is 0.0714 e. The maximum absolute atomic E-state index is 2.51. The van der Waals surface area contributed by atoms with E-state index in [0.29, 0.717) is 0 Å². The van der Waals surface area contributed by atoms with Gasteiger partial charge in [-0.05, 0) is 109 Å². The predicted molar refractivity (Wildman–Crippen MR) is 269 cm³/mol. The third-order valence-corrected chi connectivity index (χ3v) is 15.2. The van der Waals surface area contributed by atoms with Crippen molar-refractivity contribution in [3.05, 3.63) is 293 Å². The summed E-state index contributed by atoms with van der Waals surface area (Å²) in [6, 6.07) is 92.8. The van der Waals surface area contributed by atoms with Crippen molar-refractivity contribution in [1.29, 1.82) is 0 Å².